The minimum atomic E-state index is 0.308. The lowest BCUT2D eigenvalue weighted by Gasteiger charge is -2.12. The Hall–Kier alpha value is -1.62. The molecule has 0 saturated carbocycles. The van der Waals surface area contributed by atoms with E-state index in [4.69, 9.17) is 11.6 Å². The zero-order valence-corrected chi connectivity index (χ0v) is 13.9. The average Bonchev–Trinajstić information content (AvgIpc) is 3.18. The van der Waals surface area contributed by atoms with E-state index in [1.54, 1.807) is 17.5 Å². The van der Waals surface area contributed by atoms with Crippen molar-refractivity contribution in [3.8, 4) is 0 Å². The van der Waals surface area contributed by atoms with Gasteiger partial charge in [-0.05, 0) is 30.2 Å². The first-order chi connectivity index (χ1) is 10.7. The van der Waals surface area contributed by atoms with Crippen LogP contribution in [0.4, 0.5) is 0 Å². The van der Waals surface area contributed by atoms with Gasteiger partial charge in [-0.1, -0.05) is 35.9 Å². The van der Waals surface area contributed by atoms with E-state index in [1.165, 1.54) is 16.0 Å². The van der Waals surface area contributed by atoms with Gasteiger partial charge in [0.05, 0.1) is 10.7 Å². The summed E-state index contributed by atoms with van der Waals surface area (Å²) in [4.78, 5) is 5.33. The van der Waals surface area contributed by atoms with Crippen molar-refractivity contribution in [2.75, 3.05) is 0 Å². The van der Waals surface area contributed by atoms with E-state index >= 15 is 0 Å². The Morgan fingerprint density at radius 1 is 1.18 bits per heavy atom. The fourth-order valence-electron chi connectivity index (χ4n) is 2.29. The van der Waals surface area contributed by atoms with Gasteiger partial charge in [0.1, 0.15) is 0 Å². The molecule has 0 radical (unpaired) electrons. The summed E-state index contributed by atoms with van der Waals surface area (Å²) in [6.07, 6.45) is 5.61. The highest BCUT2D eigenvalue weighted by atomic mass is 35.5. The molecule has 0 saturated heterocycles. The molecule has 0 bridgehead atoms. The third-order valence-electron chi connectivity index (χ3n) is 3.58. The average molecular weight is 332 g/mol. The Balaban J connectivity index is 1.54. The minimum Gasteiger partial charge on any atom is -0.333 e. The van der Waals surface area contributed by atoms with E-state index in [1.807, 2.05) is 18.6 Å². The van der Waals surface area contributed by atoms with Gasteiger partial charge in [-0.2, -0.15) is 0 Å². The summed E-state index contributed by atoms with van der Waals surface area (Å²) < 4.78 is 2.91. The number of benzene rings is 1. The van der Waals surface area contributed by atoms with E-state index in [2.05, 4.69) is 52.1 Å². The van der Waals surface area contributed by atoms with Gasteiger partial charge in [0, 0.05) is 36.4 Å². The molecule has 1 unspecified atom stereocenters. The van der Waals surface area contributed by atoms with Gasteiger partial charge >= 0.3 is 0 Å². The predicted octanol–water partition coefficient (Wildman–Crippen LogP) is 4.50. The van der Waals surface area contributed by atoms with E-state index in [9.17, 15) is 0 Å². The minimum absolute atomic E-state index is 0.308. The zero-order chi connectivity index (χ0) is 15.4. The van der Waals surface area contributed by atoms with Crippen LogP contribution in [-0.4, -0.2) is 9.55 Å². The number of imidazole rings is 1. The van der Waals surface area contributed by atoms with Crippen LogP contribution in [0.1, 0.15) is 29.0 Å². The third-order valence-corrected chi connectivity index (χ3v) is 4.99. The molecule has 1 aromatic carbocycles. The van der Waals surface area contributed by atoms with E-state index in [0.717, 1.165) is 17.4 Å². The molecule has 0 fully saturated rings. The summed E-state index contributed by atoms with van der Waals surface area (Å²) in [6, 6.07) is 13.0. The molecule has 0 aliphatic carbocycles. The molecule has 3 aromatic rings. The van der Waals surface area contributed by atoms with Gasteiger partial charge in [-0.3, -0.25) is 0 Å². The molecule has 3 rings (SSSR count). The van der Waals surface area contributed by atoms with Gasteiger partial charge in [0.15, 0.2) is 0 Å². The van der Waals surface area contributed by atoms with Crippen molar-refractivity contribution in [2.24, 2.45) is 0 Å². The second-order valence-electron chi connectivity index (χ2n) is 5.30. The topological polar surface area (TPSA) is 29.9 Å². The molecule has 3 nitrogen and oxygen atoms in total. The molecule has 2 heterocycles. The van der Waals surface area contributed by atoms with Crippen molar-refractivity contribution in [2.45, 2.75) is 26.1 Å². The molecule has 1 N–H and O–H groups in total. The molecule has 114 valence electrons. The highest BCUT2D eigenvalue weighted by Gasteiger charge is 2.07. The van der Waals surface area contributed by atoms with Gasteiger partial charge in [0.25, 0.3) is 0 Å². The maximum atomic E-state index is 5.98. The van der Waals surface area contributed by atoms with Crippen LogP contribution in [-0.2, 0) is 13.1 Å². The lowest BCUT2D eigenvalue weighted by atomic mass is 10.1. The number of hydrogen-bond acceptors (Lipinski definition) is 3. The zero-order valence-electron chi connectivity index (χ0n) is 12.4. The quantitative estimate of drug-likeness (QED) is 0.721. The van der Waals surface area contributed by atoms with Crippen LogP contribution in [0.15, 0.2) is 55.1 Å². The Morgan fingerprint density at radius 3 is 2.59 bits per heavy atom. The monoisotopic (exact) mass is 331 g/mol. The number of halogens is 1. The van der Waals surface area contributed by atoms with Gasteiger partial charge in [0.2, 0.25) is 0 Å². The Morgan fingerprint density at radius 2 is 1.95 bits per heavy atom. The molecule has 2 aromatic heterocycles. The smallest absolute Gasteiger partial charge is 0.0949 e. The van der Waals surface area contributed by atoms with E-state index in [0.29, 0.717) is 6.04 Å². The lowest BCUT2D eigenvalue weighted by molar-refractivity contribution is 0.583. The molecular formula is C17H18ClN3S. The standard InChI is InChI=1S/C17H18ClN3S/c1-13(16-6-7-17(18)22-16)20-10-14-2-4-15(5-3-14)11-21-9-8-19-12-21/h2-9,12-13,20H,10-11H2,1H3. The highest BCUT2D eigenvalue weighted by molar-refractivity contribution is 7.16. The van der Waals surface area contributed by atoms with Gasteiger partial charge in [-0.15, -0.1) is 11.3 Å². The largest absolute Gasteiger partial charge is 0.333 e. The van der Waals surface area contributed by atoms with Crippen LogP contribution in [0.2, 0.25) is 4.34 Å². The predicted molar refractivity (Wildman–Crippen MR) is 92.4 cm³/mol. The first-order valence-corrected chi connectivity index (χ1v) is 8.42. The van der Waals surface area contributed by atoms with E-state index in [-0.39, 0.29) is 0 Å². The van der Waals surface area contributed by atoms with Gasteiger partial charge in [-0.25, -0.2) is 4.98 Å². The van der Waals surface area contributed by atoms with Gasteiger partial charge < -0.3 is 9.88 Å². The van der Waals surface area contributed by atoms with Crippen LogP contribution < -0.4 is 5.32 Å². The Bertz CT molecular complexity index is 704. The summed E-state index contributed by atoms with van der Waals surface area (Å²) >= 11 is 7.61. The van der Waals surface area contributed by atoms with Crippen LogP contribution in [0.3, 0.4) is 0 Å². The molecule has 5 heteroatoms. The normalized spacial score (nSPS) is 12.5. The number of thiophene rings is 1. The van der Waals surface area contributed by atoms with E-state index < -0.39 is 0 Å². The molecule has 1 atom stereocenters. The molecule has 0 aliphatic heterocycles. The highest BCUT2D eigenvalue weighted by Crippen LogP contribution is 2.26. The summed E-state index contributed by atoms with van der Waals surface area (Å²) in [5.41, 5.74) is 2.56. The Labute approximate surface area is 139 Å². The number of aromatic nitrogens is 2. The van der Waals surface area contributed by atoms with Crippen molar-refractivity contribution in [1.82, 2.24) is 14.9 Å². The number of rotatable bonds is 6. The summed E-state index contributed by atoms with van der Waals surface area (Å²) in [7, 11) is 0. The maximum absolute atomic E-state index is 5.98. The molecular weight excluding hydrogens is 314 g/mol. The van der Waals surface area contributed by atoms with Crippen LogP contribution >= 0.6 is 22.9 Å². The van der Waals surface area contributed by atoms with Crippen molar-refractivity contribution in [3.05, 3.63) is 75.5 Å². The Kier molecular flexibility index (Phi) is 4.93. The second-order valence-corrected chi connectivity index (χ2v) is 7.04. The fraction of sp³-hybridized carbons (Fsp3) is 0.235. The molecule has 22 heavy (non-hydrogen) atoms. The lowest BCUT2D eigenvalue weighted by Crippen LogP contribution is -2.17. The third kappa shape index (κ3) is 3.97. The van der Waals surface area contributed by atoms with Crippen molar-refractivity contribution in [3.63, 3.8) is 0 Å². The van der Waals surface area contributed by atoms with Crippen LogP contribution in [0.25, 0.3) is 0 Å². The number of hydrogen-bond donors (Lipinski definition) is 1. The summed E-state index contributed by atoms with van der Waals surface area (Å²) in [5.74, 6) is 0. The molecule has 0 aliphatic rings. The van der Waals surface area contributed by atoms with Crippen molar-refractivity contribution < 1.29 is 0 Å². The number of nitrogens with one attached hydrogen (secondary N) is 1. The van der Waals surface area contributed by atoms with Crippen LogP contribution in [0, 0.1) is 0 Å². The summed E-state index contributed by atoms with van der Waals surface area (Å²) in [6.45, 7) is 3.87. The first kappa shape index (κ1) is 15.3. The fourth-order valence-corrected chi connectivity index (χ4v) is 3.37. The van der Waals surface area contributed by atoms with Crippen LogP contribution in [0.5, 0.6) is 0 Å². The van der Waals surface area contributed by atoms with Crippen molar-refractivity contribution in [1.29, 1.82) is 0 Å². The second kappa shape index (κ2) is 7.09. The first-order valence-electron chi connectivity index (χ1n) is 7.23. The summed E-state index contributed by atoms with van der Waals surface area (Å²) in [5, 5.41) is 3.53. The number of nitrogens with zero attached hydrogens (tertiary/aromatic N) is 2. The van der Waals surface area contributed by atoms with Crippen molar-refractivity contribution >= 4 is 22.9 Å². The molecule has 0 amide bonds. The molecule has 0 spiro atoms. The maximum Gasteiger partial charge on any atom is 0.0949 e. The SMILES string of the molecule is CC(NCc1ccc(Cn2ccnc2)cc1)c1ccc(Cl)s1.